The molecule has 0 spiro atoms. The number of nitrogens with one attached hydrogen (secondary N) is 3. The number of hydrogen-bond donors (Lipinski definition) is 3. The summed E-state index contributed by atoms with van der Waals surface area (Å²) in [7, 11) is 0. The molecule has 0 aromatic heterocycles. The van der Waals surface area contributed by atoms with Crippen LogP contribution in [0.1, 0.15) is 57.6 Å². The Morgan fingerprint density at radius 3 is 2.66 bits per heavy atom. The third kappa shape index (κ3) is 5.11. The van der Waals surface area contributed by atoms with Crippen LogP contribution < -0.4 is 16.0 Å². The number of nitrogens with zero attached hydrogens (tertiary/aromatic N) is 1. The van der Waals surface area contributed by atoms with Gasteiger partial charge in [0.2, 0.25) is 0 Å². The molecule has 6 heteroatoms. The van der Waals surface area contributed by atoms with Gasteiger partial charge in [0.05, 0.1) is 24.8 Å². The lowest BCUT2D eigenvalue weighted by Crippen LogP contribution is -2.54. The molecule has 1 aromatic rings. The molecule has 4 rings (SSSR count). The number of fused-ring (bicyclic) bond motifs is 2. The van der Waals surface area contributed by atoms with E-state index in [4.69, 9.17) is 14.5 Å². The summed E-state index contributed by atoms with van der Waals surface area (Å²) in [6.07, 6.45) is 6.21. The van der Waals surface area contributed by atoms with Crippen molar-refractivity contribution in [1.82, 2.24) is 16.0 Å². The summed E-state index contributed by atoms with van der Waals surface area (Å²) in [5, 5.41) is 11.0. The molecule has 0 radical (unpaired) electrons. The fourth-order valence-electron chi connectivity index (χ4n) is 4.91. The Kier molecular flexibility index (Phi) is 6.73. The van der Waals surface area contributed by atoms with Gasteiger partial charge in [-0.3, -0.25) is 4.99 Å². The van der Waals surface area contributed by atoms with Crippen molar-refractivity contribution in [3.63, 3.8) is 0 Å². The van der Waals surface area contributed by atoms with Crippen molar-refractivity contribution in [2.45, 2.75) is 75.8 Å². The second kappa shape index (κ2) is 9.45. The summed E-state index contributed by atoms with van der Waals surface area (Å²) in [5.41, 5.74) is 1.27. The van der Waals surface area contributed by atoms with Gasteiger partial charge < -0.3 is 25.4 Å². The summed E-state index contributed by atoms with van der Waals surface area (Å²) in [5.74, 6) is 0.911. The molecule has 4 atom stereocenters. The molecule has 29 heavy (non-hydrogen) atoms. The van der Waals surface area contributed by atoms with E-state index in [1.54, 1.807) is 0 Å². The molecule has 3 fully saturated rings. The molecule has 160 valence electrons. The topological polar surface area (TPSA) is 66.9 Å². The minimum absolute atomic E-state index is 0.0406. The fourth-order valence-corrected chi connectivity index (χ4v) is 4.91. The number of ether oxygens (including phenoxy) is 2. The minimum Gasteiger partial charge on any atom is -0.381 e. The van der Waals surface area contributed by atoms with Crippen molar-refractivity contribution in [1.29, 1.82) is 0 Å². The van der Waals surface area contributed by atoms with Gasteiger partial charge in [-0.25, -0.2) is 0 Å². The summed E-state index contributed by atoms with van der Waals surface area (Å²) in [6.45, 7) is 7.53. The number of aliphatic imine (C=N–C) groups is 1. The minimum atomic E-state index is -0.0406. The Hall–Kier alpha value is -1.63. The lowest BCUT2D eigenvalue weighted by molar-refractivity contribution is 0.0374. The predicted octanol–water partition coefficient (Wildman–Crippen LogP) is 2.76. The monoisotopic (exact) mass is 400 g/mol. The Bertz CT molecular complexity index is 675. The van der Waals surface area contributed by atoms with Crippen molar-refractivity contribution < 1.29 is 9.47 Å². The van der Waals surface area contributed by atoms with Gasteiger partial charge in [-0.2, -0.15) is 0 Å². The molecular formula is C23H36N4O2. The first-order valence-electron chi connectivity index (χ1n) is 11.3. The third-order valence-corrected chi connectivity index (χ3v) is 6.58. The molecular weight excluding hydrogens is 364 g/mol. The molecule has 3 aliphatic rings. The van der Waals surface area contributed by atoms with E-state index >= 15 is 0 Å². The van der Waals surface area contributed by atoms with Gasteiger partial charge in [-0.1, -0.05) is 30.3 Å². The van der Waals surface area contributed by atoms with E-state index in [0.717, 1.165) is 51.5 Å². The highest BCUT2D eigenvalue weighted by molar-refractivity contribution is 5.80. The van der Waals surface area contributed by atoms with E-state index in [1.165, 1.54) is 18.4 Å². The second-order valence-electron chi connectivity index (χ2n) is 8.73. The molecule has 3 aliphatic heterocycles. The Labute approximate surface area is 174 Å². The first-order chi connectivity index (χ1) is 14.2. The fraction of sp³-hybridized carbons (Fsp3) is 0.696. The summed E-state index contributed by atoms with van der Waals surface area (Å²) < 4.78 is 11.7. The van der Waals surface area contributed by atoms with Crippen LogP contribution in [0.2, 0.25) is 0 Å². The molecule has 3 saturated heterocycles. The van der Waals surface area contributed by atoms with Gasteiger partial charge in [-0.15, -0.1) is 0 Å². The molecule has 0 saturated carbocycles. The lowest BCUT2D eigenvalue weighted by atomic mass is 9.88. The number of rotatable bonds is 7. The average molecular weight is 401 g/mol. The number of benzene rings is 1. The lowest BCUT2D eigenvalue weighted by Gasteiger charge is -2.39. The van der Waals surface area contributed by atoms with Crippen molar-refractivity contribution in [3.05, 3.63) is 35.9 Å². The summed E-state index contributed by atoms with van der Waals surface area (Å²) in [4.78, 5) is 5.02. The smallest absolute Gasteiger partial charge is 0.191 e. The van der Waals surface area contributed by atoms with Gasteiger partial charge in [0.25, 0.3) is 0 Å². The van der Waals surface area contributed by atoms with E-state index in [2.05, 4.69) is 60.1 Å². The summed E-state index contributed by atoms with van der Waals surface area (Å²) in [6, 6.07) is 11.3. The van der Waals surface area contributed by atoms with E-state index in [1.807, 2.05) is 0 Å². The molecule has 4 unspecified atom stereocenters. The quantitative estimate of drug-likeness (QED) is 0.485. The van der Waals surface area contributed by atoms with E-state index in [9.17, 15) is 0 Å². The Morgan fingerprint density at radius 1 is 1.21 bits per heavy atom. The zero-order valence-electron chi connectivity index (χ0n) is 17.8. The van der Waals surface area contributed by atoms with E-state index < -0.39 is 0 Å². The SMILES string of the molecule is CCNC(=NCC1(NC(C)c2ccccc2)CCOCC1)NC1CC2CCC1O2. The zero-order chi connectivity index (χ0) is 20.1. The molecule has 3 heterocycles. The van der Waals surface area contributed by atoms with Gasteiger partial charge in [-0.05, 0) is 51.5 Å². The summed E-state index contributed by atoms with van der Waals surface area (Å²) >= 11 is 0. The van der Waals surface area contributed by atoms with Crippen LogP contribution in [0.5, 0.6) is 0 Å². The zero-order valence-corrected chi connectivity index (χ0v) is 17.8. The number of guanidine groups is 1. The first kappa shape index (κ1) is 20.6. The largest absolute Gasteiger partial charge is 0.381 e. The predicted molar refractivity (Wildman–Crippen MR) is 116 cm³/mol. The van der Waals surface area contributed by atoms with Crippen LogP contribution in [-0.2, 0) is 9.47 Å². The molecule has 3 N–H and O–H groups in total. The highest BCUT2D eigenvalue weighted by Gasteiger charge is 2.41. The van der Waals surface area contributed by atoms with Crippen molar-refractivity contribution in [2.24, 2.45) is 4.99 Å². The molecule has 6 nitrogen and oxygen atoms in total. The maximum Gasteiger partial charge on any atom is 0.191 e. The van der Waals surface area contributed by atoms with Crippen molar-refractivity contribution >= 4 is 5.96 Å². The van der Waals surface area contributed by atoms with Crippen LogP contribution in [0.3, 0.4) is 0 Å². The van der Waals surface area contributed by atoms with Crippen LogP contribution in [0.25, 0.3) is 0 Å². The second-order valence-corrected chi connectivity index (χ2v) is 8.73. The van der Waals surface area contributed by atoms with Crippen LogP contribution in [0, 0.1) is 0 Å². The van der Waals surface area contributed by atoms with Crippen LogP contribution in [0.15, 0.2) is 35.3 Å². The third-order valence-electron chi connectivity index (χ3n) is 6.58. The van der Waals surface area contributed by atoms with Crippen molar-refractivity contribution in [3.8, 4) is 0 Å². The van der Waals surface area contributed by atoms with E-state index in [0.29, 0.717) is 18.2 Å². The molecule has 2 bridgehead atoms. The Morgan fingerprint density at radius 2 is 2.00 bits per heavy atom. The number of hydrogen-bond acceptors (Lipinski definition) is 4. The van der Waals surface area contributed by atoms with Crippen LogP contribution in [0.4, 0.5) is 0 Å². The van der Waals surface area contributed by atoms with Gasteiger partial charge in [0.1, 0.15) is 0 Å². The molecule has 0 amide bonds. The van der Waals surface area contributed by atoms with Gasteiger partial charge >= 0.3 is 0 Å². The molecule has 0 aliphatic carbocycles. The highest BCUT2D eigenvalue weighted by atomic mass is 16.5. The standard InChI is InChI=1S/C23H36N4O2/c1-3-24-22(26-20-15-19-9-10-21(20)29-19)25-16-23(11-13-28-14-12-23)27-17(2)18-7-5-4-6-8-18/h4-8,17,19-21,27H,3,9-16H2,1-2H3,(H2,24,25,26). The maximum absolute atomic E-state index is 6.01. The van der Waals surface area contributed by atoms with E-state index in [-0.39, 0.29) is 11.6 Å². The Balaban J connectivity index is 1.44. The normalized spacial score (nSPS) is 29.6. The first-order valence-corrected chi connectivity index (χ1v) is 11.3. The average Bonchev–Trinajstić information content (AvgIpc) is 3.37. The molecule has 1 aromatic carbocycles. The van der Waals surface area contributed by atoms with Crippen LogP contribution in [-0.4, -0.2) is 56.1 Å². The van der Waals surface area contributed by atoms with Crippen molar-refractivity contribution in [2.75, 3.05) is 26.3 Å². The van der Waals surface area contributed by atoms with Gasteiger partial charge in [0, 0.05) is 31.3 Å². The highest BCUT2D eigenvalue weighted by Crippen LogP contribution is 2.34. The van der Waals surface area contributed by atoms with Crippen LogP contribution >= 0.6 is 0 Å². The van der Waals surface area contributed by atoms with Gasteiger partial charge in [0.15, 0.2) is 5.96 Å². The maximum atomic E-state index is 6.01.